The molecule has 1 aliphatic rings. The predicted octanol–water partition coefficient (Wildman–Crippen LogP) is 2.43. The first-order valence-electron chi connectivity index (χ1n) is 5.35. The highest BCUT2D eigenvalue weighted by Gasteiger charge is 2.32. The summed E-state index contributed by atoms with van der Waals surface area (Å²) in [4.78, 5) is 2.20. The van der Waals surface area contributed by atoms with Crippen LogP contribution in [0.15, 0.2) is 4.42 Å². The van der Waals surface area contributed by atoms with Crippen molar-refractivity contribution in [3.63, 3.8) is 0 Å². The highest BCUT2D eigenvalue weighted by molar-refractivity contribution is 6.16. The molecule has 1 fully saturated rings. The highest BCUT2D eigenvalue weighted by Crippen LogP contribution is 2.31. The second kappa shape index (κ2) is 4.39. The third kappa shape index (κ3) is 2.62. The van der Waals surface area contributed by atoms with Crippen LogP contribution in [-0.4, -0.2) is 22.8 Å². The number of rotatable bonds is 5. The van der Waals surface area contributed by atoms with Gasteiger partial charge in [0.2, 0.25) is 5.89 Å². The van der Waals surface area contributed by atoms with Crippen LogP contribution < -0.4 is 4.90 Å². The van der Waals surface area contributed by atoms with Gasteiger partial charge in [0.05, 0.1) is 0 Å². The summed E-state index contributed by atoms with van der Waals surface area (Å²) in [6.07, 6.45) is 2.45. The number of nitrogens with zero attached hydrogens (tertiary/aromatic N) is 3. The van der Waals surface area contributed by atoms with Crippen molar-refractivity contribution in [2.24, 2.45) is 5.92 Å². The number of aromatic nitrogens is 2. The second-order valence-electron chi connectivity index (χ2n) is 4.39. The van der Waals surface area contributed by atoms with Gasteiger partial charge >= 0.3 is 6.01 Å². The minimum Gasteiger partial charge on any atom is -0.407 e. The summed E-state index contributed by atoms with van der Waals surface area (Å²) in [7, 11) is 0. The molecule has 84 valence electrons. The number of hydrogen-bond donors (Lipinski definition) is 0. The van der Waals surface area contributed by atoms with Crippen LogP contribution in [0.4, 0.5) is 6.01 Å². The topological polar surface area (TPSA) is 42.2 Å². The minimum atomic E-state index is 0.285. The molecule has 1 saturated carbocycles. The maximum Gasteiger partial charge on any atom is 0.318 e. The zero-order valence-corrected chi connectivity index (χ0v) is 9.87. The summed E-state index contributed by atoms with van der Waals surface area (Å²) in [6, 6.07) is 1.22. The van der Waals surface area contributed by atoms with E-state index < -0.39 is 0 Å². The van der Waals surface area contributed by atoms with Crippen LogP contribution in [0.2, 0.25) is 0 Å². The number of hydrogen-bond acceptors (Lipinski definition) is 4. The summed E-state index contributed by atoms with van der Waals surface area (Å²) < 4.78 is 5.47. The van der Waals surface area contributed by atoms with Gasteiger partial charge in [-0.05, 0) is 18.8 Å². The lowest BCUT2D eigenvalue weighted by atomic mass is 10.2. The summed E-state index contributed by atoms with van der Waals surface area (Å²) >= 11 is 5.63. The Morgan fingerprint density at radius 1 is 1.47 bits per heavy atom. The van der Waals surface area contributed by atoms with E-state index in [4.69, 9.17) is 16.0 Å². The second-order valence-corrected chi connectivity index (χ2v) is 4.66. The van der Waals surface area contributed by atoms with E-state index in [-0.39, 0.29) is 5.88 Å². The SMILES string of the molecule is CC(C)CN(c1nnc(CCl)o1)C1CC1. The van der Waals surface area contributed by atoms with Crippen molar-refractivity contribution in [2.45, 2.75) is 38.6 Å². The van der Waals surface area contributed by atoms with Crippen LogP contribution in [0.5, 0.6) is 0 Å². The molecule has 15 heavy (non-hydrogen) atoms. The molecule has 1 aromatic rings. The standard InChI is InChI=1S/C10H16ClN3O/c1-7(2)6-14(8-3-4-8)10-13-12-9(5-11)15-10/h7-8H,3-6H2,1-2H3. The van der Waals surface area contributed by atoms with Gasteiger partial charge in [0.1, 0.15) is 5.88 Å². The van der Waals surface area contributed by atoms with Gasteiger partial charge in [-0.2, -0.15) is 0 Å². The Balaban J connectivity index is 2.09. The molecule has 1 aromatic heterocycles. The molecule has 0 unspecified atom stereocenters. The quantitative estimate of drug-likeness (QED) is 0.728. The van der Waals surface area contributed by atoms with Gasteiger partial charge in [-0.15, -0.1) is 16.7 Å². The van der Waals surface area contributed by atoms with Crippen molar-refractivity contribution in [3.8, 4) is 0 Å². The molecule has 1 aliphatic carbocycles. The predicted molar refractivity (Wildman–Crippen MR) is 59.1 cm³/mol. The molecular weight excluding hydrogens is 214 g/mol. The zero-order chi connectivity index (χ0) is 10.8. The lowest BCUT2D eigenvalue weighted by Gasteiger charge is -2.21. The molecule has 0 bridgehead atoms. The molecule has 0 aliphatic heterocycles. The Labute approximate surface area is 94.6 Å². The molecule has 4 nitrogen and oxygen atoms in total. The van der Waals surface area contributed by atoms with Gasteiger partial charge in [0.25, 0.3) is 0 Å². The molecule has 0 N–H and O–H groups in total. The van der Waals surface area contributed by atoms with Crippen molar-refractivity contribution in [3.05, 3.63) is 5.89 Å². The fourth-order valence-corrected chi connectivity index (χ4v) is 1.69. The number of anilines is 1. The lowest BCUT2D eigenvalue weighted by molar-refractivity contribution is 0.480. The Morgan fingerprint density at radius 2 is 2.20 bits per heavy atom. The largest absolute Gasteiger partial charge is 0.407 e. The molecule has 0 amide bonds. The van der Waals surface area contributed by atoms with E-state index in [1.807, 2.05) is 0 Å². The normalized spacial score (nSPS) is 16.0. The van der Waals surface area contributed by atoms with Gasteiger partial charge in [-0.3, -0.25) is 0 Å². The van der Waals surface area contributed by atoms with Crippen LogP contribution in [0.25, 0.3) is 0 Å². The molecule has 2 rings (SSSR count). The average molecular weight is 230 g/mol. The van der Waals surface area contributed by atoms with Gasteiger partial charge in [-0.1, -0.05) is 18.9 Å². The first kappa shape index (κ1) is 10.7. The number of alkyl halides is 1. The molecule has 5 heteroatoms. The number of halogens is 1. The fraction of sp³-hybridized carbons (Fsp3) is 0.800. The van der Waals surface area contributed by atoms with E-state index in [0.29, 0.717) is 23.9 Å². The summed E-state index contributed by atoms with van der Waals surface area (Å²) in [5, 5.41) is 7.91. The van der Waals surface area contributed by atoms with Crippen molar-refractivity contribution >= 4 is 17.6 Å². The molecule has 0 saturated heterocycles. The Morgan fingerprint density at radius 3 is 2.67 bits per heavy atom. The van der Waals surface area contributed by atoms with Crippen LogP contribution in [0.1, 0.15) is 32.6 Å². The Kier molecular flexibility index (Phi) is 3.14. The van der Waals surface area contributed by atoms with E-state index in [9.17, 15) is 0 Å². The lowest BCUT2D eigenvalue weighted by Crippen LogP contribution is -2.30. The molecule has 1 heterocycles. The molecule has 0 aromatic carbocycles. The maximum atomic E-state index is 5.63. The summed E-state index contributed by atoms with van der Waals surface area (Å²) in [5.41, 5.74) is 0. The van der Waals surface area contributed by atoms with Gasteiger partial charge < -0.3 is 9.32 Å². The first-order chi connectivity index (χ1) is 7.20. The van der Waals surface area contributed by atoms with Gasteiger partial charge in [0, 0.05) is 12.6 Å². The van der Waals surface area contributed by atoms with Crippen LogP contribution in [0.3, 0.4) is 0 Å². The summed E-state index contributed by atoms with van der Waals surface area (Å²) in [5.74, 6) is 1.38. The van der Waals surface area contributed by atoms with E-state index in [1.165, 1.54) is 12.8 Å². The highest BCUT2D eigenvalue weighted by atomic mass is 35.5. The molecule has 0 radical (unpaired) electrons. The van der Waals surface area contributed by atoms with Crippen LogP contribution in [-0.2, 0) is 5.88 Å². The van der Waals surface area contributed by atoms with Crippen LogP contribution >= 0.6 is 11.6 Å². The van der Waals surface area contributed by atoms with Crippen molar-refractivity contribution in [1.82, 2.24) is 10.2 Å². The summed E-state index contributed by atoms with van der Waals surface area (Å²) in [6.45, 7) is 5.34. The molecule has 0 atom stereocenters. The Hall–Kier alpha value is -0.770. The van der Waals surface area contributed by atoms with E-state index in [0.717, 1.165) is 6.54 Å². The third-order valence-corrected chi connectivity index (χ3v) is 2.59. The smallest absolute Gasteiger partial charge is 0.318 e. The van der Waals surface area contributed by atoms with Crippen molar-refractivity contribution in [2.75, 3.05) is 11.4 Å². The fourth-order valence-electron chi connectivity index (χ4n) is 1.58. The van der Waals surface area contributed by atoms with Crippen molar-refractivity contribution in [1.29, 1.82) is 0 Å². The van der Waals surface area contributed by atoms with E-state index >= 15 is 0 Å². The monoisotopic (exact) mass is 229 g/mol. The minimum absolute atomic E-state index is 0.285. The van der Waals surface area contributed by atoms with E-state index in [2.05, 4.69) is 28.9 Å². The first-order valence-corrected chi connectivity index (χ1v) is 5.89. The van der Waals surface area contributed by atoms with E-state index in [1.54, 1.807) is 0 Å². The average Bonchev–Trinajstić information content (AvgIpc) is 2.92. The van der Waals surface area contributed by atoms with Gasteiger partial charge in [-0.25, -0.2) is 0 Å². The maximum absolute atomic E-state index is 5.63. The molecular formula is C10H16ClN3O. The third-order valence-electron chi connectivity index (χ3n) is 2.37. The van der Waals surface area contributed by atoms with Gasteiger partial charge in [0.15, 0.2) is 0 Å². The zero-order valence-electron chi connectivity index (χ0n) is 9.11. The Bertz CT molecular complexity index is 322. The molecule has 0 spiro atoms. The van der Waals surface area contributed by atoms with Crippen LogP contribution in [0, 0.1) is 5.92 Å². The van der Waals surface area contributed by atoms with Crippen molar-refractivity contribution < 1.29 is 4.42 Å².